The molecule has 0 saturated carbocycles. The lowest BCUT2D eigenvalue weighted by Gasteiger charge is -2.29. The van der Waals surface area contributed by atoms with Crippen LogP contribution in [0, 0.1) is 11.7 Å². The van der Waals surface area contributed by atoms with Gasteiger partial charge in [0.05, 0.1) is 30.6 Å². The van der Waals surface area contributed by atoms with Crippen molar-refractivity contribution in [3.63, 3.8) is 0 Å². The van der Waals surface area contributed by atoms with Crippen LogP contribution in [0.15, 0.2) is 72.8 Å². The Hall–Kier alpha value is -3.91. The Labute approximate surface area is 208 Å². The summed E-state index contributed by atoms with van der Waals surface area (Å²) < 4.78 is 25.6. The minimum Gasteiger partial charge on any atom is -0.490 e. The van der Waals surface area contributed by atoms with Crippen LogP contribution in [0.25, 0.3) is 0 Å². The smallest absolute Gasteiger partial charge is 0.266 e. The lowest BCUT2D eigenvalue weighted by molar-refractivity contribution is -0.126. The Balaban J connectivity index is 1.58. The number of nitrogens with zero attached hydrogens (tertiary/aromatic N) is 2. The van der Waals surface area contributed by atoms with Gasteiger partial charge in [-0.2, -0.15) is 0 Å². The van der Waals surface area contributed by atoms with Crippen molar-refractivity contribution in [3.05, 3.63) is 84.2 Å². The number of amides is 2. The first-order chi connectivity index (χ1) is 17.5. The Kier molecular flexibility index (Phi) is 6.61. The molecule has 2 aliphatic heterocycles. The number of carbonyl (C=O) groups is 2. The maximum atomic E-state index is 13.9. The van der Waals surface area contributed by atoms with Crippen LogP contribution in [-0.4, -0.2) is 31.1 Å². The molecule has 0 aromatic heterocycles. The van der Waals surface area contributed by atoms with Crippen LogP contribution < -0.4 is 19.4 Å². The summed E-state index contributed by atoms with van der Waals surface area (Å²) in [5.41, 5.74) is 1.63. The molecule has 5 rings (SSSR count). The monoisotopic (exact) mass is 490 g/mol. The number of hydrogen-bond donors (Lipinski definition) is 0. The molecule has 2 fully saturated rings. The first kappa shape index (κ1) is 23.8. The molecule has 7 nitrogen and oxygen atoms in total. The van der Waals surface area contributed by atoms with Crippen LogP contribution in [0.5, 0.6) is 11.5 Å². The fraction of sp³-hybridized carbons (Fsp3) is 0.286. The van der Waals surface area contributed by atoms with E-state index in [1.807, 2.05) is 62.4 Å². The van der Waals surface area contributed by atoms with Gasteiger partial charge >= 0.3 is 0 Å². The third-order valence-corrected chi connectivity index (χ3v) is 6.26. The highest BCUT2D eigenvalue weighted by atomic mass is 19.1. The lowest BCUT2D eigenvalue weighted by Crippen LogP contribution is -2.37. The van der Waals surface area contributed by atoms with Crippen molar-refractivity contribution in [2.24, 2.45) is 5.92 Å². The zero-order valence-corrected chi connectivity index (χ0v) is 20.1. The molecule has 2 amide bonds. The number of halogens is 1. The summed E-state index contributed by atoms with van der Waals surface area (Å²) in [7, 11) is 0. The second kappa shape index (κ2) is 9.99. The molecular formula is C28H27FN2O5. The van der Waals surface area contributed by atoms with Gasteiger partial charge in [0.15, 0.2) is 17.6 Å². The molecule has 0 unspecified atom stereocenters. The van der Waals surface area contributed by atoms with Gasteiger partial charge in [0.1, 0.15) is 11.7 Å². The second-order valence-electron chi connectivity index (χ2n) is 8.64. The highest BCUT2D eigenvalue weighted by Crippen LogP contribution is 2.48. The summed E-state index contributed by atoms with van der Waals surface area (Å²) in [6.07, 6.45) is -0.195. The van der Waals surface area contributed by atoms with E-state index >= 15 is 0 Å². The van der Waals surface area contributed by atoms with Crippen molar-refractivity contribution >= 4 is 23.2 Å². The van der Waals surface area contributed by atoms with Crippen molar-refractivity contribution in [2.45, 2.75) is 32.4 Å². The zero-order valence-electron chi connectivity index (χ0n) is 20.1. The standard InChI is InChI=1S/C28H27FN2O5/c1-3-15-35-22-14-13-18(16-23(22)34-4-2)25-24-26(36-31(25)20-10-6-5-7-11-20)28(33)30(27(24)32)21-12-8-9-19(29)17-21/h5-14,16-17,24-26H,3-4,15H2,1-2H3/t24-,25+,26-/m0/s1. The number of hydrogen-bond acceptors (Lipinski definition) is 6. The summed E-state index contributed by atoms with van der Waals surface area (Å²) in [5, 5.41) is 1.62. The summed E-state index contributed by atoms with van der Waals surface area (Å²) in [4.78, 5) is 34.3. The number of anilines is 2. The van der Waals surface area contributed by atoms with Gasteiger partial charge in [0, 0.05) is 0 Å². The number of rotatable bonds is 8. The predicted molar refractivity (Wildman–Crippen MR) is 132 cm³/mol. The minimum absolute atomic E-state index is 0.186. The van der Waals surface area contributed by atoms with Gasteiger partial charge in [0.25, 0.3) is 5.91 Å². The molecule has 2 saturated heterocycles. The van der Waals surface area contributed by atoms with E-state index in [4.69, 9.17) is 14.3 Å². The molecule has 0 aliphatic carbocycles. The maximum absolute atomic E-state index is 13.9. The molecule has 3 atom stereocenters. The van der Waals surface area contributed by atoms with E-state index < -0.39 is 35.7 Å². The van der Waals surface area contributed by atoms with E-state index in [9.17, 15) is 14.0 Å². The van der Waals surface area contributed by atoms with Crippen LogP contribution in [0.1, 0.15) is 31.9 Å². The van der Waals surface area contributed by atoms with E-state index in [1.165, 1.54) is 24.3 Å². The molecule has 0 bridgehead atoms. The zero-order chi connectivity index (χ0) is 25.2. The van der Waals surface area contributed by atoms with Gasteiger partial charge in [-0.15, -0.1) is 0 Å². The summed E-state index contributed by atoms with van der Waals surface area (Å²) in [5.74, 6) is -1.16. The molecular weight excluding hydrogens is 463 g/mol. The summed E-state index contributed by atoms with van der Waals surface area (Å²) >= 11 is 0. The fourth-order valence-electron chi connectivity index (χ4n) is 4.73. The third-order valence-electron chi connectivity index (χ3n) is 6.26. The number of hydroxylamine groups is 1. The molecule has 186 valence electrons. The number of benzene rings is 3. The van der Waals surface area contributed by atoms with Gasteiger partial charge in [-0.1, -0.05) is 37.3 Å². The van der Waals surface area contributed by atoms with Crippen molar-refractivity contribution in [1.82, 2.24) is 0 Å². The number of para-hydroxylation sites is 1. The molecule has 2 aliphatic rings. The SMILES string of the molecule is CCCOc1ccc([C@@H]2[C@@H]3C(=O)N(c4cccc(F)c4)C(=O)[C@H]3ON2c2ccccc2)cc1OCC. The molecule has 36 heavy (non-hydrogen) atoms. The van der Waals surface area contributed by atoms with Gasteiger partial charge in [-0.25, -0.2) is 14.4 Å². The van der Waals surface area contributed by atoms with Gasteiger partial charge in [-0.3, -0.25) is 14.4 Å². The average molecular weight is 491 g/mol. The largest absolute Gasteiger partial charge is 0.490 e. The van der Waals surface area contributed by atoms with Crippen LogP contribution in [-0.2, 0) is 14.4 Å². The Morgan fingerprint density at radius 1 is 0.861 bits per heavy atom. The van der Waals surface area contributed by atoms with E-state index in [0.29, 0.717) is 30.4 Å². The highest BCUT2D eigenvalue weighted by molar-refractivity contribution is 6.23. The van der Waals surface area contributed by atoms with Gasteiger partial charge in [0.2, 0.25) is 5.91 Å². The molecule has 3 aromatic rings. The van der Waals surface area contributed by atoms with Crippen molar-refractivity contribution in [2.75, 3.05) is 23.2 Å². The third kappa shape index (κ3) is 4.18. The van der Waals surface area contributed by atoms with E-state index in [-0.39, 0.29) is 5.69 Å². The minimum atomic E-state index is -1.04. The fourth-order valence-corrected chi connectivity index (χ4v) is 4.73. The van der Waals surface area contributed by atoms with E-state index in [2.05, 4.69) is 0 Å². The predicted octanol–water partition coefficient (Wildman–Crippen LogP) is 5.06. The van der Waals surface area contributed by atoms with Crippen molar-refractivity contribution in [3.8, 4) is 11.5 Å². The quantitative estimate of drug-likeness (QED) is 0.411. The van der Waals surface area contributed by atoms with Crippen LogP contribution in [0.4, 0.5) is 15.8 Å². The number of carbonyl (C=O) groups excluding carboxylic acids is 2. The van der Waals surface area contributed by atoms with Crippen LogP contribution in [0.3, 0.4) is 0 Å². The normalized spacial score (nSPS) is 21.1. The number of ether oxygens (including phenoxy) is 2. The van der Waals surface area contributed by atoms with E-state index in [1.54, 1.807) is 5.06 Å². The van der Waals surface area contributed by atoms with Gasteiger partial charge in [-0.05, 0) is 61.4 Å². The number of fused-ring (bicyclic) bond motifs is 1. The van der Waals surface area contributed by atoms with Crippen molar-refractivity contribution < 1.29 is 28.3 Å². The average Bonchev–Trinajstić information content (AvgIpc) is 3.39. The summed E-state index contributed by atoms with van der Waals surface area (Å²) in [6, 6.07) is 19.7. The first-order valence-corrected chi connectivity index (χ1v) is 12.1. The molecule has 8 heteroatoms. The molecule has 2 heterocycles. The highest BCUT2D eigenvalue weighted by Gasteiger charge is 2.60. The van der Waals surface area contributed by atoms with E-state index in [0.717, 1.165) is 16.9 Å². The lowest BCUT2D eigenvalue weighted by atomic mass is 9.90. The topological polar surface area (TPSA) is 68.3 Å². The first-order valence-electron chi connectivity index (χ1n) is 12.1. The van der Waals surface area contributed by atoms with Gasteiger partial charge < -0.3 is 9.47 Å². The van der Waals surface area contributed by atoms with Crippen LogP contribution in [0.2, 0.25) is 0 Å². The van der Waals surface area contributed by atoms with Crippen LogP contribution >= 0.6 is 0 Å². The molecule has 0 N–H and O–H groups in total. The molecule has 3 aromatic carbocycles. The Morgan fingerprint density at radius 2 is 1.64 bits per heavy atom. The van der Waals surface area contributed by atoms with Crippen molar-refractivity contribution in [1.29, 1.82) is 0 Å². The Bertz CT molecular complexity index is 1270. The summed E-state index contributed by atoms with van der Waals surface area (Å²) in [6.45, 7) is 4.89. The maximum Gasteiger partial charge on any atom is 0.266 e. The number of imide groups is 1. The molecule has 0 radical (unpaired) electrons. The molecule has 0 spiro atoms. The second-order valence-corrected chi connectivity index (χ2v) is 8.64. The Morgan fingerprint density at radius 3 is 2.36 bits per heavy atom.